The van der Waals surface area contributed by atoms with E-state index in [4.69, 9.17) is 0 Å². The van der Waals surface area contributed by atoms with Gasteiger partial charge in [-0.2, -0.15) is 0 Å². The number of carbonyl (C=O) groups excluding carboxylic acids is 2. The van der Waals surface area contributed by atoms with Crippen molar-refractivity contribution in [3.63, 3.8) is 0 Å². The van der Waals surface area contributed by atoms with Crippen LogP contribution in [0.25, 0.3) is 0 Å². The molecule has 1 N–H and O–H groups in total. The number of aliphatic hydroxyl groups is 1. The van der Waals surface area contributed by atoms with E-state index in [0.29, 0.717) is 11.8 Å². The second kappa shape index (κ2) is 8.25. The van der Waals surface area contributed by atoms with Crippen molar-refractivity contribution in [2.75, 3.05) is 0 Å². The summed E-state index contributed by atoms with van der Waals surface area (Å²) in [5.41, 5.74) is 0. The minimum atomic E-state index is -1.31. The number of ketones is 1. The molecule has 0 aromatic heterocycles. The molecule has 0 saturated heterocycles. The van der Waals surface area contributed by atoms with E-state index in [2.05, 4.69) is 20.8 Å². The van der Waals surface area contributed by atoms with Gasteiger partial charge >= 0.3 is 0 Å². The van der Waals surface area contributed by atoms with E-state index in [1.165, 1.54) is 19.8 Å². The molecule has 0 aromatic rings. The van der Waals surface area contributed by atoms with Crippen LogP contribution < -0.4 is 5.11 Å². The summed E-state index contributed by atoms with van der Waals surface area (Å²) in [6, 6.07) is 0. The van der Waals surface area contributed by atoms with E-state index in [1.54, 1.807) is 0 Å². The number of carboxylic acid groups (broad SMARTS) is 1. The topological polar surface area (TPSA) is 77.4 Å². The molecule has 0 bridgehead atoms. The molecule has 0 unspecified atom stereocenters. The van der Waals surface area contributed by atoms with Gasteiger partial charge in [-0.05, 0) is 37.5 Å². The second-order valence-corrected chi connectivity index (χ2v) is 5.64. The first-order valence-corrected chi connectivity index (χ1v) is 6.61. The van der Waals surface area contributed by atoms with Crippen molar-refractivity contribution >= 4 is 11.8 Å². The van der Waals surface area contributed by atoms with Crippen LogP contribution >= 0.6 is 0 Å². The van der Waals surface area contributed by atoms with Crippen molar-refractivity contribution < 1.29 is 19.8 Å². The molecule has 0 radical (unpaired) electrons. The molecule has 4 heteroatoms. The number of hydrogen-bond donors (Lipinski definition) is 1. The molecule has 1 fully saturated rings. The van der Waals surface area contributed by atoms with Gasteiger partial charge in [-0.3, -0.25) is 4.79 Å². The molecule has 0 aromatic carbocycles. The molecular formula is C14H25O4-. The van der Waals surface area contributed by atoms with Gasteiger partial charge in [0.1, 0.15) is 5.78 Å². The molecule has 0 spiro atoms. The Bertz CT molecular complexity index is 261. The Hall–Kier alpha value is -0.900. The summed E-state index contributed by atoms with van der Waals surface area (Å²) in [7, 11) is 0. The van der Waals surface area contributed by atoms with Crippen molar-refractivity contribution in [2.45, 2.75) is 59.5 Å². The molecular weight excluding hydrogens is 232 g/mol. The molecule has 18 heavy (non-hydrogen) atoms. The molecule has 1 rings (SSSR count). The van der Waals surface area contributed by atoms with Crippen LogP contribution in [0, 0.1) is 17.8 Å². The zero-order chi connectivity index (χ0) is 14.3. The van der Waals surface area contributed by atoms with Gasteiger partial charge in [-0.15, -0.1) is 0 Å². The zero-order valence-electron chi connectivity index (χ0n) is 11.8. The fraction of sp³-hybridized carbons (Fsp3) is 0.857. The molecule has 1 aliphatic carbocycles. The summed E-state index contributed by atoms with van der Waals surface area (Å²) in [4.78, 5) is 19.3. The maximum absolute atomic E-state index is 9.83. The van der Waals surface area contributed by atoms with Crippen molar-refractivity contribution in [1.29, 1.82) is 0 Å². The number of carbonyl (C=O) groups is 2. The highest BCUT2D eigenvalue weighted by molar-refractivity contribution is 5.92. The van der Waals surface area contributed by atoms with Gasteiger partial charge in [0, 0.05) is 12.4 Å². The summed E-state index contributed by atoms with van der Waals surface area (Å²) in [5.74, 6) is 0.260. The summed E-state index contributed by atoms with van der Waals surface area (Å²) in [6.45, 7) is 7.86. The largest absolute Gasteiger partial charge is 0.550 e. The van der Waals surface area contributed by atoms with E-state index in [-0.39, 0.29) is 11.9 Å². The fourth-order valence-corrected chi connectivity index (χ4v) is 2.36. The van der Waals surface area contributed by atoms with Crippen LogP contribution in [-0.2, 0) is 9.59 Å². The average Bonchev–Trinajstić information content (AvgIpc) is 2.14. The zero-order valence-corrected chi connectivity index (χ0v) is 11.8. The maximum Gasteiger partial charge on any atom is 0.135 e. The smallest absolute Gasteiger partial charge is 0.135 e. The predicted octanol–water partition coefficient (Wildman–Crippen LogP) is 1.15. The van der Waals surface area contributed by atoms with Gasteiger partial charge < -0.3 is 15.0 Å². The Balaban J connectivity index is 0.000000360. The third kappa shape index (κ3) is 7.43. The number of carboxylic acids is 1. The summed E-state index contributed by atoms with van der Waals surface area (Å²) >= 11 is 0. The first-order valence-electron chi connectivity index (χ1n) is 6.61. The van der Waals surface area contributed by atoms with Gasteiger partial charge in [0.15, 0.2) is 0 Å². The van der Waals surface area contributed by atoms with Gasteiger partial charge in [0.25, 0.3) is 0 Å². The molecule has 0 heterocycles. The highest BCUT2D eigenvalue weighted by Crippen LogP contribution is 2.33. The first kappa shape index (κ1) is 17.1. The van der Waals surface area contributed by atoms with Gasteiger partial charge in [0.05, 0.1) is 6.10 Å². The molecule has 1 aliphatic rings. The lowest BCUT2D eigenvalue weighted by Gasteiger charge is -2.33. The number of hydrogen-bond acceptors (Lipinski definition) is 4. The average molecular weight is 257 g/mol. The Morgan fingerprint density at radius 3 is 2.17 bits per heavy atom. The van der Waals surface area contributed by atoms with Crippen LogP contribution in [0.3, 0.4) is 0 Å². The summed E-state index contributed by atoms with van der Waals surface area (Å²) in [5, 5.41) is 19.2. The van der Waals surface area contributed by atoms with Crippen molar-refractivity contribution in [3.05, 3.63) is 0 Å². The third-order valence-corrected chi connectivity index (χ3v) is 3.38. The Morgan fingerprint density at radius 2 is 1.89 bits per heavy atom. The highest BCUT2D eigenvalue weighted by atomic mass is 16.4. The molecule has 1 saturated carbocycles. The van der Waals surface area contributed by atoms with Crippen LogP contribution in [-0.4, -0.2) is 23.0 Å². The van der Waals surface area contributed by atoms with E-state index < -0.39 is 12.4 Å². The second-order valence-electron chi connectivity index (χ2n) is 5.64. The molecule has 106 valence electrons. The monoisotopic (exact) mass is 257 g/mol. The molecule has 0 aliphatic heterocycles. The van der Waals surface area contributed by atoms with Gasteiger partial charge in [0.2, 0.25) is 0 Å². The van der Waals surface area contributed by atoms with Crippen LogP contribution in [0.4, 0.5) is 0 Å². The number of aliphatic carboxylic acids is 1. The van der Waals surface area contributed by atoms with E-state index in [9.17, 15) is 19.8 Å². The number of aliphatic hydroxyl groups excluding tert-OH is 1. The van der Waals surface area contributed by atoms with Gasteiger partial charge in [-0.25, -0.2) is 0 Å². The molecule has 4 nitrogen and oxygen atoms in total. The standard InChI is InChI=1S/C10H20O.C4H6O3/c1-7(2)9-5-4-8(3)6-10(9)11;1-3(5)2-4(6)7/h7-11H,4-6H2,1-3H3;2H2,1H3,(H,6,7)/p-1/t8-,9+,10-;/m1./s1. The summed E-state index contributed by atoms with van der Waals surface area (Å²) < 4.78 is 0. The van der Waals surface area contributed by atoms with Crippen molar-refractivity contribution in [2.24, 2.45) is 17.8 Å². The van der Waals surface area contributed by atoms with Gasteiger partial charge in [-0.1, -0.05) is 27.2 Å². The van der Waals surface area contributed by atoms with E-state index in [0.717, 1.165) is 12.3 Å². The Kier molecular flexibility index (Phi) is 7.83. The van der Waals surface area contributed by atoms with E-state index in [1.807, 2.05) is 0 Å². The lowest BCUT2D eigenvalue weighted by Crippen LogP contribution is -2.31. The lowest BCUT2D eigenvalue weighted by molar-refractivity contribution is -0.304. The minimum absolute atomic E-state index is 0.0289. The van der Waals surface area contributed by atoms with Crippen LogP contribution in [0.1, 0.15) is 53.4 Å². The highest BCUT2D eigenvalue weighted by Gasteiger charge is 2.28. The van der Waals surface area contributed by atoms with Crippen LogP contribution in [0.15, 0.2) is 0 Å². The maximum atomic E-state index is 9.83. The van der Waals surface area contributed by atoms with Crippen LogP contribution in [0.5, 0.6) is 0 Å². The Labute approximate surface area is 109 Å². The number of rotatable bonds is 3. The summed E-state index contributed by atoms with van der Waals surface area (Å²) in [6.07, 6.45) is 3.04. The molecule has 0 amide bonds. The molecule has 3 atom stereocenters. The lowest BCUT2D eigenvalue weighted by atomic mass is 9.75. The minimum Gasteiger partial charge on any atom is -0.550 e. The van der Waals surface area contributed by atoms with Crippen molar-refractivity contribution in [1.82, 2.24) is 0 Å². The Morgan fingerprint density at radius 1 is 1.33 bits per heavy atom. The predicted molar refractivity (Wildman–Crippen MR) is 67.7 cm³/mol. The van der Waals surface area contributed by atoms with Crippen molar-refractivity contribution in [3.8, 4) is 0 Å². The fourth-order valence-electron chi connectivity index (χ4n) is 2.36. The normalized spacial score (nSPS) is 27.3. The quantitative estimate of drug-likeness (QED) is 0.769. The number of Topliss-reactive ketones (excluding diaryl/α,β-unsaturated/α-hetero) is 1. The first-order chi connectivity index (χ1) is 8.23. The van der Waals surface area contributed by atoms with E-state index >= 15 is 0 Å². The SMILES string of the molecule is CC(=O)CC(=O)[O-].CC(C)[C@@H]1CC[C@@H](C)C[C@H]1O. The van der Waals surface area contributed by atoms with Crippen LogP contribution in [0.2, 0.25) is 0 Å². The third-order valence-electron chi connectivity index (χ3n) is 3.38.